The molecule has 0 radical (unpaired) electrons. The number of rotatable bonds is 45. The van der Waals surface area contributed by atoms with Crippen molar-refractivity contribution in [2.45, 2.75) is 339 Å². The monoisotopic (exact) mass is 2070 g/mol. The average Bonchev–Trinajstić information content (AvgIpc) is 1.73. The number of unbranched alkanes of at least 4 members (excludes halogenated alkanes) is 5. The molecule has 5 aliphatic rings. The molecule has 788 valence electrons. The molecule has 35 nitrogen and oxygen atoms in total. The molecule has 5 saturated heterocycles. The second kappa shape index (κ2) is 59.1. The van der Waals surface area contributed by atoms with Crippen LogP contribution in [0.5, 0.6) is 0 Å². The Bertz CT molecular complexity index is 5350. The number of carbonyl (C=O) groups is 5. The summed E-state index contributed by atoms with van der Waals surface area (Å²) in [4.78, 5) is 123. The summed E-state index contributed by atoms with van der Waals surface area (Å²) in [6.07, 6.45) is 35.3. The number of para-hydroxylation sites is 1. The van der Waals surface area contributed by atoms with Crippen LogP contribution in [0.2, 0.25) is 0 Å². The highest BCUT2D eigenvalue weighted by Crippen LogP contribution is 2.38. The first-order valence-corrected chi connectivity index (χ1v) is 49.9. The van der Waals surface area contributed by atoms with E-state index in [1.165, 1.54) is 0 Å². The van der Waals surface area contributed by atoms with Gasteiger partial charge in [0, 0.05) is 108 Å². The first kappa shape index (κ1) is 122. The summed E-state index contributed by atoms with van der Waals surface area (Å²) in [5.74, 6) is 2.44. The number of ether oxygens (including phenoxy) is 1. The predicted molar refractivity (Wildman–Crippen MR) is 599 cm³/mol. The van der Waals surface area contributed by atoms with Gasteiger partial charge in [0.15, 0.2) is 23.2 Å². The molecule has 42 heteroatoms. The van der Waals surface area contributed by atoms with Crippen molar-refractivity contribution in [2.75, 3.05) is 101 Å². The van der Waals surface area contributed by atoms with E-state index in [4.69, 9.17) is 33.4 Å². The minimum Gasteiger partial charge on any atom is -0.378 e. The number of carbonyl (C=O) groups excluding carboxylic acids is 5. The number of nitrogens with zero attached hydrogens (tertiary/aromatic N) is 14. The number of anilines is 10. The van der Waals surface area contributed by atoms with E-state index in [0.717, 1.165) is 213 Å². The Morgan fingerprint density at radius 2 is 0.664 bits per heavy atom. The van der Waals surface area contributed by atoms with E-state index in [1.54, 1.807) is 37.1 Å². The van der Waals surface area contributed by atoms with Crippen LogP contribution in [0.15, 0.2) is 97.7 Å². The molecule has 0 saturated carbocycles. The summed E-state index contributed by atoms with van der Waals surface area (Å²) < 4.78 is 32.2. The molecule has 10 atom stereocenters. The summed E-state index contributed by atoms with van der Waals surface area (Å²) in [6, 6.07) is 19.9. The van der Waals surface area contributed by atoms with Gasteiger partial charge in [-0.15, -0.1) is 0 Å². The molecule has 20 N–H and O–H groups in total. The number of Topliss-reactive ketones (excluding diaryl/α,β-unsaturated/α-hetero) is 5. The minimum absolute atomic E-state index is 0. The zero-order valence-corrected chi connectivity index (χ0v) is 90.1. The van der Waals surface area contributed by atoms with E-state index in [2.05, 4.69) is 185 Å². The lowest BCUT2D eigenvalue weighted by Crippen LogP contribution is -2.47. The predicted octanol–water partition coefficient (Wildman–Crippen LogP) is 16.0. The molecule has 143 heavy (non-hydrogen) atoms. The maximum atomic E-state index is 13.4. The largest absolute Gasteiger partial charge is 0.378 e. The highest BCUT2D eigenvalue weighted by atomic mass is 32.1. The first-order valence-electron chi connectivity index (χ1n) is 49.9. The fraction of sp³-hybridized carbons (Fsp3) is 0.594. The number of nitrogens with two attached hydrogens (primary N) is 5. The zero-order chi connectivity index (χ0) is 98.9. The number of hydrogen-bond donors (Lipinski definition) is 15. The maximum Gasteiger partial charge on any atom is 0.262 e. The van der Waals surface area contributed by atoms with Gasteiger partial charge >= 0.3 is 0 Å². The van der Waals surface area contributed by atoms with Crippen molar-refractivity contribution in [3.8, 4) is 0 Å². The third kappa shape index (κ3) is 37.3. The Hall–Kier alpha value is -9.76. The Morgan fingerprint density at radius 1 is 0.364 bits per heavy atom. The zero-order valence-electron chi connectivity index (χ0n) is 85.1. The van der Waals surface area contributed by atoms with Crippen molar-refractivity contribution in [2.24, 2.45) is 0 Å². The second-order valence-corrected chi connectivity index (χ2v) is 39.0. The van der Waals surface area contributed by atoms with Crippen molar-refractivity contribution >= 4 is 210 Å². The van der Waals surface area contributed by atoms with Crippen LogP contribution in [0.1, 0.15) is 275 Å². The molecular formula is C101H159F2N29O6S5. The van der Waals surface area contributed by atoms with E-state index in [-0.39, 0.29) is 162 Å². The van der Waals surface area contributed by atoms with Crippen molar-refractivity contribution in [3.05, 3.63) is 97.7 Å². The van der Waals surface area contributed by atoms with Gasteiger partial charge in [0.1, 0.15) is 51.3 Å². The topological polar surface area (TPSA) is 525 Å². The van der Waals surface area contributed by atoms with Crippen molar-refractivity contribution in [1.29, 1.82) is 0 Å². The summed E-state index contributed by atoms with van der Waals surface area (Å²) in [5.41, 5.74) is 33.6. The highest BCUT2D eigenvalue weighted by molar-refractivity contribution is 7.60. The molecule has 10 aromatic rings. The second-order valence-electron chi connectivity index (χ2n) is 39.0. The minimum atomic E-state index is -2.81. The molecule has 5 unspecified atom stereocenters. The number of alkyl halides is 2. The van der Waals surface area contributed by atoms with Gasteiger partial charge < -0.3 is 86.6 Å². The highest BCUT2D eigenvalue weighted by Gasteiger charge is 2.43. The average molecular weight is 2070 g/mol. The third-order valence-electron chi connectivity index (χ3n) is 26.8. The molecule has 0 spiro atoms. The van der Waals surface area contributed by atoms with Gasteiger partial charge in [-0.25, -0.2) is 33.7 Å². The summed E-state index contributed by atoms with van der Waals surface area (Å²) >= 11 is 0. The number of ketones is 5. The molecule has 5 aliphatic heterocycles. The third-order valence-corrected chi connectivity index (χ3v) is 26.8. The Kier molecular flexibility index (Phi) is 50.4. The van der Waals surface area contributed by atoms with Crippen molar-refractivity contribution in [3.63, 3.8) is 0 Å². The normalized spacial score (nSPS) is 18.8. The van der Waals surface area contributed by atoms with Crippen LogP contribution < -0.4 is 81.8 Å². The molecule has 0 bridgehead atoms. The summed E-state index contributed by atoms with van der Waals surface area (Å²) in [6.45, 7) is 25.7. The fourth-order valence-electron chi connectivity index (χ4n) is 18.5. The number of benzene rings is 1. The molecule has 5 fully saturated rings. The van der Waals surface area contributed by atoms with Crippen LogP contribution in [-0.2, 0) is 28.7 Å². The number of nitrogens with one attached hydrogen (secondary N) is 10. The van der Waals surface area contributed by atoms with Gasteiger partial charge in [0.05, 0.1) is 83.7 Å². The SMILES string of the molecule is CCCCC(C)(CCC(=O)[C@@H]1CC(F)(F)CN1)Nc1nc(N)nc2cccnc12.CCCCC(C)(CCC(=O)[C@@H]1CCCN1)Nc1nc(N)nc2ccccc12.CCCCC(C)(CCC(=O)[C@@H]1CCCN1)Nc1nc(N)nc2cccnc12.CCCCC(C)(CCC(=O)[C@@H]1CCCN1)Nc1nc(N)nc2cnccc12.CCCCC(C)(CCC(=O)[C@@H]1COCCN1)Nc1nc(N)nc2cccnc12.S.S.S.S.S. The summed E-state index contributed by atoms with van der Waals surface area (Å²) in [5, 5.41) is 35.4. The van der Waals surface area contributed by atoms with E-state index >= 15 is 0 Å². The molecular weight excluding hydrogens is 1910 g/mol. The molecule has 14 heterocycles. The Labute approximate surface area is 875 Å². The van der Waals surface area contributed by atoms with Crippen LogP contribution >= 0.6 is 67.5 Å². The van der Waals surface area contributed by atoms with E-state index in [9.17, 15) is 32.8 Å². The lowest BCUT2D eigenvalue weighted by atomic mass is 9.87. The van der Waals surface area contributed by atoms with Crippen LogP contribution in [0.3, 0.4) is 0 Å². The van der Waals surface area contributed by atoms with Gasteiger partial charge in [0.2, 0.25) is 29.7 Å². The van der Waals surface area contributed by atoms with Gasteiger partial charge in [0.25, 0.3) is 5.92 Å². The maximum absolute atomic E-state index is 13.4. The molecule has 9 aromatic heterocycles. The summed E-state index contributed by atoms with van der Waals surface area (Å²) in [7, 11) is 0. The standard InChI is InChI=1S/C21H31N5O.C20H28F2N6O.C20H30N6O2.2C20H30N6O.5H2S/c1-3-4-12-21(2,13-11-18(27)17-10-7-14-23-17)26-19-15-8-5-6-9-16(15)24-20(22)25-19;1-3-4-8-19(2,9-7-15(29)14-11-20(21,22)12-25-14)28-17-16-13(6-5-10-24-16)26-18(23)27-17;1-3-4-8-20(2,9-7-16(27)15-13-28-12-11-22-15)26-18-17-14(6-5-10-23-17)24-19(21)25-18;1-3-4-10-20(2,11-9-16(27)14-7-5-12-22-14)26-18-17-15(8-6-13-23-17)24-19(21)25-18;1-3-4-9-20(2,10-7-17(27)15-6-5-11-23-15)26-18-14-8-12-22-13-16(14)24-19(21)25-18;;;;;/h5-6,8-9,17,23H,3-4,7,10-14H2,1-2H3,(H3,22,24,25,26);5-6,10,14,25H,3-4,7-9,11-12H2,1-2H3,(H3,23,26,27,28);5-6,10,15,22H,3-4,7-9,11-13H2,1-2H3,(H3,21,24,25,26);6,8,13-14,22H,3-5,7,9-12H2,1-2H3,(H3,21,24,25,26);8,12-13,15,23H,3-7,9-11H2,1-2H3,(H3,21,24,25,26);5*1H2/t17-,21?;14-,19?;15-,20?;14-,20?;15-,20?;;;;;/m00000...../s1. The van der Waals surface area contributed by atoms with E-state index in [0.29, 0.717) is 120 Å². The molecule has 0 aliphatic carbocycles. The number of pyridine rings is 4. The van der Waals surface area contributed by atoms with E-state index < -0.39 is 30.5 Å². The Balaban J connectivity index is 0.000000271. The molecule has 0 amide bonds. The lowest BCUT2D eigenvalue weighted by Gasteiger charge is -2.32. The van der Waals surface area contributed by atoms with Crippen LogP contribution in [0.4, 0.5) is 67.6 Å². The van der Waals surface area contributed by atoms with Crippen LogP contribution in [-0.4, -0.2) is 208 Å². The first-order chi connectivity index (χ1) is 66.2. The number of fused-ring (bicyclic) bond motifs is 5. The Morgan fingerprint density at radius 3 is 0.986 bits per heavy atom. The van der Waals surface area contributed by atoms with Gasteiger partial charge in [-0.05, 0) is 212 Å². The number of halogens is 2. The number of nitrogen functional groups attached to an aromatic ring is 5. The fourth-order valence-corrected chi connectivity index (χ4v) is 18.5. The van der Waals surface area contributed by atoms with Crippen LogP contribution in [0, 0.1) is 0 Å². The van der Waals surface area contributed by atoms with Gasteiger partial charge in [-0.1, -0.05) is 111 Å². The van der Waals surface area contributed by atoms with Crippen molar-refractivity contribution < 1.29 is 37.5 Å². The number of aromatic nitrogens is 14. The number of hydrogen-bond acceptors (Lipinski definition) is 35. The van der Waals surface area contributed by atoms with Gasteiger partial charge in [-0.3, -0.25) is 43.9 Å². The van der Waals surface area contributed by atoms with Crippen molar-refractivity contribution in [1.82, 2.24) is 96.4 Å². The lowest BCUT2D eigenvalue weighted by molar-refractivity contribution is -0.124. The smallest absolute Gasteiger partial charge is 0.262 e. The number of morpholine rings is 1. The molecule has 15 rings (SSSR count). The van der Waals surface area contributed by atoms with E-state index in [1.807, 2.05) is 67.6 Å². The van der Waals surface area contributed by atoms with Crippen LogP contribution in [0.25, 0.3) is 54.9 Å². The van der Waals surface area contributed by atoms with Gasteiger partial charge in [-0.2, -0.15) is 92.4 Å². The quantitative estimate of drug-likeness (QED) is 0.0168. The molecule has 1 aromatic carbocycles.